The van der Waals surface area contributed by atoms with E-state index in [1.807, 2.05) is 0 Å². The highest BCUT2D eigenvalue weighted by Crippen LogP contribution is 2.20. The molecule has 0 aliphatic carbocycles. The molecule has 0 bridgehead atoms. The van der Waals surface area contributed by atoms with E-state index in [9.17, 15) is 22.7 Å². The van der Waals surface area contributed by atoms with Crippen LogP contribution in [-0.4, -0.2) is 23.8 Å². The monoisotopic (exact) mass is 340 g/mol. The number of nitrogens with zero attached hydrogens (tertiary/aromatic N) is 2. The number of nitro benzene ring substituents is 1. The first kappa shape index (κ1) is 16.1. The summed E-state index contributed by atoms with van der Waals surface area (Å²) >= 11 is 0. The SMILES string of the molecule is C[S@@](=O)(=NS(=O)(=O)c1ccc([N+](=O)[O-])cc1)c1ccccc1. The Morgan fingerprint density at radius 2 is 1.45 bits per heavy atom. The van der Waals surface area contributed by atoms with Crippen molar-refractivity contribution in [3.8, 4) is 0 Å². The summed E-state index contributed by atoms with van der Waals surface area (Å²) in [5, 5.41) is 10.6. The predicted octanol–water partition coefficient (Wildman–Crippen LogP) is 2.44. The van der Waals surface area contributed by atoms with Gasteiger partial charge in [0.2, 0.25) is 0 Å². The van der Waals surface area contributed by atoms with E-state index in [0.717, 1.165) is 24.3 Å². The first-order valence-corrected chi connectivity index (χ1v) is 9.37. The van der Waals surface area contributed by atoms with Crippen LogP contribution in [0.4, 0.5) is 5.69 Å². The van der Waals surface area contributed by atoms with E-state index in [0.29, 0.717) is 4.90 Å². The summed E-state index contributed by atoms with van der Waals surface area (Å²) < 4.78 is 40.4. The standard InChI is InChI=1S/C13H12N2O5S2/c1-21(18,12-5-3-2-4-6-12)14-22(19,20)13-9-7-11(8-10-13)15(16)17/h2-10H,1H3/t21-/m0/s1. The van der Waals surface area contributed by atoms with Crippen molar-refractivity contribution in [1.29, 1.82) is 0 Å². The summed E-state index contributed by atoms with van der Waals surface area (Å²) in [6.45, 7) is 0. The molecular formula is C13H12N2O5S2. The fourth-order valence-electron chi connectivity index (χ4n) is 1.69. The molecule has 0 radical (unpaired) electrons. The summed E-state index contributed by atoms with van der Waals surface area (Å²) in [7, 11) is -7.32. The van der Waals surface area contributed by atoms with Gasteiger partial charge in [0.25, 0.3) is 15.7 Å². The largest absolute Gasteiger partial charge is 0.290 e. The Morgan fingerprint density at radius 3 is 1.95 bits per heavy atom. The van der Waals surface area contributed by atoms with Crippen molar-refractivity contribution in [2.24, 2.45) is 3.77 Å². The molecule has 2 aromatic rings. The average Bonchev–Trinajstić information content (AvgIpc) is 2.47. The lowest BCUT2D eigenvalue weighted by molar-refractivity contribution is -0.384. The molecule has 0 N–H and O–H groups in total. The van der Waals surface area contributed by atoms with Crippen LogP contribution in [0.3, 0.4) is 0 Å². The maximum absolute atomic E-state index is 12.5. The Hall–Kier alpha value is -2.26. The third-order valence-electron chi connectivity index (χ3n) is 2.77. The van der Waals surface area contributed by atoms with Gasteiger partial charge in [0.1, 0.15) is 0 Å². The van der Waals surface area contributed by atoms with E-state index < -0.39 is 24.7 Å². The molecule has 0 aromatic heterocycles. The third-order valence-corrected chi connectivity index (χ3v) is 6.70. The first-order valence-electron chi connectivity index (χ1n) is 6.00. The van der Waals surface area contributed by atoms with Crippen LogP contribution in [0.5, 0.6) is 0 Å². The second-order valence-corrected chi connectivity index (χ2v) is 8.51. The smallest absolute Gasteiger partial charge is 0.258 e. The fraction of sp³-hybridized carbons (Fsp3) is 0.0769. The Morgan fingerprint density at radius 1 is 0.909 bits per heavy atom. The van der Waals surface area contributed by atoms with Crippen LogP contribution in [0.25, 0.3) is 0 Å². The van der Waals surface area contributed by atoms with Crippen molar-refractivity contribution in [2.75, 3.05) is 6.26 Å². The molecular weight excluding hydrogens is 328 g/mol. The lowest BCUT2D eigenvalue weighted by Gasteiger charge is -2.05. The number of non-ortho nitro benzene ring substituents is 1. The van der Waals surface area contributed by atoms with Crippen molar-refractivity contribution >= 4 is 25.4 Å². The Labute approximate surface area is 128 Å². The molecule has 22 heavy (non-hydrogen) atoms. The topological polar surface area (TPSA) is 107 Å². The van der Waals surface area contributed by atoms with Gasteiger partial charge in [-0.1, -0.05) is 18.2 Å². The van der Waals surface area contributed by atoms with Crippen LogP contribution in [-0.2, 0) is 19.8 Å². The lowest BCUT2D eigenvalue weighted by atomic mass is 10.3. The second-order valence-electron chi connectivity index (χ2n) is 4.42. The zero-order chi connectivity index (χ0) is 16.4. The van der Waals surface area contributed by atoms with E-state index in [4.69, 9.17) is 0 Å². The number of nitro groups is 1. The van der Waals surface area contributed by atoms with Gasteiger partial charge in [0.05, 0.1) is 19.5 Å². The van der Waals surface area contributed by atoms with E-state index >= 15 is 0 Å². The van der Waals surface area contributed by atoms with Gasteiger partial charge in [-0.15, -0.1) is 3.77 Å². The minimum atomic E-state index is -4.18. The number of rotatable bonds is 4. The molecule has 0 unspecified atom stereocenters. The van der Waals surface area contributed by atoms with Crippen molar-refractivity contribution in [3.05, 3.63) is 64.7 Å². The van der Waals surface area contributed by atoms with Gasteiger partial charge in [-0.05, 0) is 24.3 Å². The fourth-order valence-corrected chi connectivity index (χ4v) is 5.01. The van der Waals surface area contributed by atoms with Gasteiger partial charge in [0, 0.05) is 23.3 Å². The van der Waals surface area contributed by atoms with E-state index in [1.165, 1.54) is 18.4 Å². The molecule has 0 aliphatic heterocycles. The number of benzene rings is 2. The predicted molar refractivity (Wildman–Crippen MR) is 81.5 cm³/mol. The molecule has 0 saturated carbocycles. The van der Waals surface area contributed by atoms with Crippen LogP contribution >= 0.6 is 0 Å². The molecule has 116 valence electrons. The van der Waals surface area contributed by atoms with Gasteiger partial charge >= 0.3 is 0 Å². The van der Waals surface area contributed by atoms with Crippen molar-refractivity contribution in [3.63, 3.8) is 0 Å². The highest BCUT2D eigenvalue weighted by atomic mass is 32.3. The molecule has 7 nitrogen and oxygen atoms in total. The lowest BCUT2D eigenvalue weighted by Crippen LogP contribution is -2.04. The van der Waals surface area contributed by atoms with Crippen molar-refractivity contribution in [1.82, 2.24) is 0 Å². The zero-order valence-electron chi connectivity index (χ0n) is 11.4. The van der Waals surface area contributed by atoms with Crippen LogP contribution in [0, 0.1) is 10.1 Å². The Kier molecular flexibility index (Phi) is 4.29. The van der Waals surface area contributed by atoms with Crippen molar-refractivity contribution < 1.29 is 17.6 Å². The van der Waals surface area contributed by atoms with Gasteiger partial charge in [-0.3, -0.25) is 10.1 Å². The zero-order valence-corrected chi connectivity index (χ0v) is 13.1. The summed E-state index contributed by atoms with van der Waals surface area (Å²) in [6.07, 6.45) is 1.23. The Balaban J connectivity index is 2.49. The molecule has 0 saturated heterocycles. The maximum Gasteiger partial charge on any atom is 0.290 e. The molecule has 1 atom stereocenters. The number of hydrogen-bond acceptors (Lipinski definition) is 5. The van der Waals surface area contributed by atoms with Crippen LogP contribution < -0.4 is 0 Å². The van der Waals surface area contributed by atoms with Crippen LogP contribution in [0.2, 0.25) is 0 Å². The molecule has 0 spiro atoms. The first-order chi connectivity index (χ1) is 10.2. The maximum atomic E-state index is 12.5. The number of hydrogen-bond donors (Lipinski definition) is 0. The van der Waals surface area contributed by atoms with Gasteiger partial charge in [0.15, 0.2) is 0 Å². The van der Waals surface area contributed by atoms with Crippen LogP contribution in [0.1, 0.15) is 0 Å². The van der Waals surface area contributed by atoms with Gasteiger partial charge in [-0.25, -0.2) is 4.21 Å². The summed E-state index contributed by atoms with van der Waals surface area (Å²) in [6, 6.07) is 12.3. The molecule has 0 amide bonds. The molecule has 0 fully saturated rings. The molecule has 0 aliphatic rings. The summed E-state index contributed by atoms with van der Waals surface area (Å²) in [5.41, 5.74) is -0.237. The minimum Gasteiger partial charge on any atom is -0.258 e. The average molecular weight is 340 g/mol. The summed E-state index contributed by atoms with van der Waals surface area (Å²) in [5.74, 6) is 0. The number of sulfonamides is 1. The summed E-state index contributed by atoms with van der Waals surface area (Å²) in [4.78, 5) is 9.97. The Bertz CT molecular complexity index is 913. The highest BCUT2D eigenvalue weighted by molar-refractivity contribution is 8.03. The van der Waals surface area contributed by atoms with E-state index in [-0.39, 0.29) is 10.6 Å². The molecule has 9 heteroatoms. The second kappa shape index (κ2) is 5.85. The van der Waals surface area contributed by atoms with Gasteiger partial charge in [-0.2, -0.15) is 8.42 Å². The van der Waals surface area contributed by atoms with E-state index in [2.05, 4.69) is 3.77 Å². The van der Waals surface area contributed by atoms with Crippen LogP contribution in [0.15, 0.2) is 68.2 Å². The quantitative estimate of drug-likeness (QED) is 0.627. The molecule has 2 rings (SSSR count). The van der Waals surface area contributed by atoms with Gasteiger partial charge < -0.3 is 0 Å². The van der Waals surface area contributed by atoms with E-state index in [1.54, 1.807) is 18.2 Å². The molecule has 2 aromatic carbocycles. The minimum absolute atomic E-state index is 0.237. The molecule has 0 heterocycles. The van der Waals surface area contributed by atoms with Crippen molar-refractivity contribution in [2.45, 2.75) is 9.79 Å². The third kappa shape index (κ3) is 3.49. The highest BCUT2D eigenvalue weighted by Gasteiger charge is 2.18. The normalized spacial score (nSPS) is 14.0.